The molecule has 0 fully saturated rings. The first kappa shape index (κ1) is 28.0. The number of aromatic nitrogens is 2. The molecule has 1 atom stereocenters. The SMILES string of the molecule is COc1cccc(NC(=O)CSc2nnc(N3C(N)=C(C#N)C(c4c(Cl)cccc4Cl)C4=C3CCCC4=O)s2)c1. The lowest BCUT2D eigenvalue weighted by Gasteiger charge is -2.38. The van der Waals surface area contributed by atoms with Crippen LogP contribution in [-0.4, -0.2) is 34.8 Å². The van der Waals surface area contributed by atoms with Gasteiger partial charge in [0.2, 0.25) is 11.0 Å². The Hall–Kier alpha value is -3.56. The minimum atomic E-state index is -0.785. The average molecular weight is 614 g/mol. The van der Waals surface area contributed by atoms with Crippen LogP contribution in [0.5, 0.6) is 5.75 Å². The zero-order valence-electron chi connectivity index (χ0n) is 21.1. The van der Waals surface area contributed by atoms with Gasteiger partial charge in [-0.25, -0.2) is 0 Å². The van der Waals surface area contributed by atoms with Crippen LogP contribution in [0.15, 0.2) is 69.5 Å². The van der Waals surface area contributed by atoms with E-state index in [1.165, 1.54) is 23.1 Å². The number of hydrogen-bond acceptors (Lipinski definition) is 10. The van der Waals surface area contributed by atoms with Crippen LogP contribution < -0.4 is 20.7 Å². The molecule has 0 saturated carbocycles. The molecule has 2 aliphatic rings. The van der Waals surface area contributed by atoms with Crippen molar-refractivity contribution < 1.29 is 14.3 Å². The summed E-state index contributed by atoms with van der Waals surface area (Å²) in [5.41, 5.74) is 8.94. The van der Waals surface area contributed by atoms with Crippen molar-refractivity contribution in [3.8, 4) is 11.8 Å². The zero-order valence-corrected chi connectivity index (χ0v) is 24.3. The van der Waals surface area contributed by atoms with Gasteiger partial charge in [-0.3, -0.25) is 14.5 Å². The fraction of sp³-hybridized carbons (Fsp3) is 0.222. The number of carbonyl (C=O) groups excluding carboxylic acids is 2. The second-order valence-corrected chi connectivity index (χ2v) is 11.9. The maximum absolute atomic E-state index is 13.3. The molecule has 0 radical (unpaired) electrons. The van der Waals surface area contributed by atoms with E-state index in [-0.39, 0.29) is 28.8 Å². The fourth-order valence-corrected chi connectivity index (χ4v) is 7.05. The molecule has 1 aliphatic heterocycles. The van der Waals surface area contributed by atoms with Gasteiger partial charge in [-0.15, -0.1) is 10.2 Å². The molecule has 3 aromatic rings. The molecule has 0 bridgehead atoms. The van der Waals surface area contributed by atoms with E-state index in [4.69, 9.17) is 33.7 Å². The van der Waals surface area contributed by atoms with E-state index in [1.807, 2.05) is 0 Å². The van der Waals surface area contributed by atoms with Crippen molar-refractivity contribution in [2.45, 2.75) is 29.5 Å². The topological polar surface area (TPSA) is 134 Å². The minimum Gasteiger partial charge on any atom is -0.497 e. The van der Waals surface area contributed by atoms with Gasteiger partial charge in [0.25, 0.3) is 0 Å². The van der Waals surface area contributed by atoms with E-state index in [2.05, 4.69) is 21.6 Å². The Morgan fingerprint density at radius 1 is 1.25 bits per heavy atom. The van der Waals surface area contributed by atoms with Crippen LogP contribution in [-0.2, 0) is 9.59 Å². The minimum absolute atomic E-state index is 0.0965. The Morgan fingerprint density at radius 2 is 2.00 bits per heavy atom. The number of hydrogen-bond donors (Lipinski definition) is 2. The summed E-state index contributed by atoms with van der Waals surface area (Å²) in [5, 5.41) is 22.6. The molecule has 9 nitrogen and oxygen atoms in total. The number of thioether (sulfide) groups is 1. The van der Waals surface area contributed by atoms with Gasteiger partial charge in [-0.2, -0.15) is 5.26 Å². The fourth-order valence-electron chi connectivity index (χ4n) is 4.76. The summed E-state index contributed by atoms with van der Waals surface area (Å²) in [6.07, 6.45) is 1.50. The molecule has 1 aliphatic carbocycles. The summed E-state index contributed by atoms with van der Waals surface area (Å²) in [5.74, 6) is -0.229. The molecule has 5 rings (SSSR count). The average Bonchev–Trinajstić information content (AvgIpc) is 3.40. The number of nitrogens with two attached hydrogens (primary N) is 1. The lowest BCUT2D eigenvalue weighted by atomic mass is 9.75. The summed E-state index contributed by atoms with van der Waals surface area (Å²) in [4.78, 5) is 27.5. The Balaban J connectivity index is 1.43. The number of halogens is 2. The molecule has 40 heavy (non-hydrogen) atoms. The number of ketones is 1. The van der Waals surface area contributed by atoms with Crippen molar-refractivity contribution in [2.75, 3.05) is 23.1 Å². The lowest BCUT2D eigenvalue weighted by Crippen LogP contribution is -2.38. The molecule has 0 spiro atoms. The third-order valence-electron chi connectivity index (χ3n) is 6.47. The van der Waals surface area contributed by atoms with Gasteiger partial charge in [0.15, 0.2) is 10.1 Å². The third-order valence-corrected chi connectivity index (χ3v) is 9.17. The van der Waals surface area contributed by atoms with Crippen molar-refractivity contribution in [1.29, 1.82) is 5.26 Å². The normalized spacial score (nSPS) is 17.0. The maximum Gasteiger partial charge on any atom is 0.234 e. The van der Waals surface area contributed by atoms with E-state index in [9.17, 15) is 14.9 Å². The Bertz CT molecular complexity index is 1590. The molecule has 3 N–H and O–H groups in total. The standard InChI is InChI=1S/C27H22Cl2N6O3S2/c1-38-15-6-2-5-14(11-15)32-21(37)13-39-27-34-33-26(40-27)35-19-9-4-10-20(36)24(19)22(16(12-30)25(35)31)23-17(28)7-3-8-18(23)29/h2-3,5-8,11,22H,4,9-10,13,31H2,1H3,(H,32,37). The van der Waals surface area contributed by atoms with Gasteiger partial charge in [0.1, 0.15) is 11.6 Å². The second-order valence-electron chi connectivity index (χ2n) is 8.87. The molecular weight excluding hydrogens is 591 g/mol. The van der Waals surface area contributed by atoms with Gasteiger partial charge < -0.3 is 15.8 Å². The van der Waals surface area contributed by atoms with Crippen molar-refractivity contribution in [3.63, 3.8) is 0 Å². The van der Waals surface area contributed by atoms with E-state index >= 15 is 0 Å². The predicted octanol–water partition coefficient (Wildman–Crippen LogP) is 5.89. The molecule has 2 heterocycles. The third kappa shape index (κ3) is 5.40. The number of rotatable bonds is 7. The molecule has 13 heteroatoms. The number of allylic oxidation sites excluding steroid dienone is 3. The molecule has 1 amide bonds. The van der Waals surface area contributed by atoms with Gasteiger partial charge in [0.05, 0.1) is 30.4 Å². The highest BCUT2D eigenvalue weighted by molar-refractivity contribution is 8.01. The number of Topliss-reactive ketones (excluding diaryl/α,β-unsaturated/α-hetero) is 1. The summed E-state index contributed by atoms with van der Waals surface area (Å²) in [7, 11) is 1.56. The first-order chi connectivity index (χ1) is 19.3. The van der Waals surface area contributed by atoms with Crippen LogP contribution in [0.1, 0.15) is 30.7 Å². The predicted molar refractivity (Wildman–Crippen MR) is 157 cm³/mol. The van der Waals surface area contributed by atoms with E-state index in [0.717, 1.165) is 0 Å². The molecule has 0 saturated heterocycles. The number of anilines is 2. The number of amides is 1. The first-order valence-electron chi connectivity index (χ1n) is 12.1. The van der Waals surface area contributed by atoms with Gasteiger partial charge >= 0.3 is 0 Å². The highest BCUT2D eigenvalue weighted by atomic mass is 35.5. The van der Waals surface area contributed by atoms with E-state index in [0.29, 0.717) is 67.0 Å². The van der Waals surface area contributed by atoms with Crippen molar-refractivity contribution >= 4 is 68.8 Å². The summed E-state index contributed by atoms with van der Waals surface area (Å²) in [6, 6.07) is 14.3. The number of nitrogens with zero attached hydrogens (tertiary/aromatic N) is 4. The van der Waals surface area contributed by atoms with Gasteiger partial charge in [0, 0.05) is 45.1 Å². The number of methoxy groups -OCH3 is 1. The first-order valence-corrected chi connectivity index (χ1v) is 14.7. The monoisotopic (exact) mass is 612 g/mol. The molecule has 2 aromatic carbocycles. The number of benzene rings is 2. The highest BCUT2D eigenvalue weighted by Crippen LogP contribution is 2.49. The van der Waals surface area contributed by atoms with Crippen molar-refractivity contribution in [2.24, 2.45) is 5.73 Å². The molecule has 1 aromatic heterocycles. The highest BCUT2D eigenvalue weighted by Gasteiger charge is 2.42. The molecular formula is C27H22Cl2N6O3S2. The number of carbonyl (C=O) groups is 2. The molecule has 1 unspecified atom stereocenters. The Labute approximate surface area is 248 Å². The number of nitrogens with one attached hydrogen (secondary N) is 1. The lowest BCUT2D eigenvalue weighted by molar-refractivity contribution is -0.116. The summed E-state index contributed by atoms with van der Waals surface area (Å²) in [6.45, 7) is 0. The quantitative estimate of drug-likeness (QED) is 0.313. The smallest absolute Gasteiger partial charge is 0.234 e. The van der Waals surface area contributed by atoms with Crippen molar-refractivity contribution in [1.82, 2.24) is 10.2 Å². The number of nitriles is 1. The Kier molecular flexibility index (Phi) is 8.32. The van der Waals surface area contributed by atoms with Crippen LogP contribution in [0.25, 0.3) is 0 Å². The summed E-state index contributed by atoms with van der Waals surface area (Å²) < 4.78 is 5.72. The van der Waals surface area contributed by atoms with Crippen LogP contribution in [0.3, 0.4) is 0 Å². The van der Waals surface area contributed by atoms with E-state index < -0.39 is 5.92 Å². The number of ether oxygens (including phenoxy) is 1. The second kappa shape index (κ2) is 11.9. The molecule has 204 valence electrons. The van der Waals surface area contributed by atoms with Crippen LogP contribution in [0, 0.1) is 11.3 Å². The van der Waals surface area contributed by atoms with Crippen LogP contribution >= 0.6 is 46.3 Å². The zero-order chi connectivity index (χ0) is 28.4. The maximum atomic E-state index is 13.3. The summed E-state index contributed by atoms with van der Waals surface area (Å²) >= 11 is 15.5. The largest absolute Gasteiger partial charge is 0.497 e. The van der Waals surface area contributed by atoms with Gasteiger partial charge in [-0.05, 0) is 37.1 Å². The van der Waals surface area contributed by atoms with Crippen LogP contribution in [0.4, 0.5) is 10.8 Å². The Morgan fingerprint density at radius 3 is 2.73 bits per heavy atom. The van der Waals surface area contributed by atoms with E-state index in [1.54, 1.807) is 54.5 Å². The van der Waals surface area contributed by atoms with Crippen LogP contribution in [0.2, 0.25) is 10.0 Å². The van der Waals surface area contributed by atoms with Gasteiger partial charge in [-0.1, -0.05) is 58.4 Å². The van der Waals surface area contributed by atoms with Crippen molar-refractivity contribution in [3.05, 3.63) is 80.7 Å².